The lowest BCUT2D eigenvalue weighted by molar-refractivity contribution is 0.0746. The van der Waals surface area contributed by atoms with Gasteiger partial charge in [-0.05, 0) is 49.7 Å². The smallest absolute Gasteiger partial charge is 0.161 e. The number of β-amino-alcohol motifs (C(OH)–C–C–N with tert-alkyl or cyclic N) is 1. The minimum absolute atomic E-state index is 0.265. The highest BCUT2D eigenvalue weighted by Gasteiger charge is 2.18. The number of benzene rings is 2. The molecular formula is C24H32N2O4. The summed E-state index contributed by atoms with van der Waals surface area (Å²) in [5.41, 5.74) is 2.37. The predicted octanol–water partition coefficient (Wildman–Crippen LogP) is 2.93. The molecular weight excluding hydrogens is 380 g/mol. The molecule has 6 heteroatoms. The maximum atomic E-state index is 10.4. The van der Waals surface area contributed by atoms with Crippen molar-refractivity contribution in [3.05, 3.63) is 53.6 Å². The van der Waals surface area contributed by atoms with Crippen molar-refractivity contribution < 1.29 is 19.3 Å². The lowest BCUT2D eigenvalue weighted by Gasteiger charge is -2.22. The van der Waals surface area contributed by atoms with Crippen molar-refractivity contribution in [1.29, 1.82) is 0 Å². The highest BCUT2D eigenvalue weighted by Crippen LogP contribution is 2.30. The van der Waals surface area contributed by atoms with Crippen LogP contribution in [0.15, 0.2) is 42.5 Å². The Hall–Kier alpha value is -2.28. The van der Waals surface area contributed by atoms with E-state index < -0.39 is 6.10 Å². The fraction of sp³-hybridized carbons (Fsp3) is 0.500. The van der Waals surface area contributed by atoms with Crippen LogP contribution in [0.3, 0.4) is 0 Å². The number of rotatable bonds is 8. The molecule has 0 radical (unpaired) electrons. The molecule has 2 heterocycles. The van der Waals surface area contributed by atoms with E-state index in [1.165, 1.54) is 18.4 Å². The number of nitrogens with zero attached hydrogens (tertiary/aromatic N) is 2. The summed E-state index contributed by atoms with van der Waals surface area (Å²) in [4.78, 5) is 4.67. The van der Waals surface area contributed by atoms with Gasteiger partial charge in [0, 0.05) is 31.7 Å². The summed E-state index contributed by atoms with van der Waals surface area (Å²) in [6.07, 6.45) is 1.93. The van der Waals surface area contributed by atoms with Crippen LogP contribution in [0.4, 0.5) is 0 Å². The van der Waals surface area contributed by atoms with Crippen LogP contribution in [0.2, 0.25) is 0 Å². The number of likely N-dealkylation sites (tertiary alicyclic amines) is 1. The average Bonchev–Trinajstić information content (AvgIpc) is 3.17. The lowest BCUT2D eigenvalue weighted by atomic mass is 10.1. The number of aliphatic hydroxyl groups is 1. The summed E-state index contributed by atoms with van der Waals surface area (Å²) in [6.45, 7) is 6.26. The summed E-state index contributed by atoms with van der Waals surface area (Å²) in [5, 5.41) is 10.4. The third-order valence-corrected chi connectivity index (χ3v) is 5.76. The van der Waals surface area contributed by atoms with Crippen LogP contribution in [-0.4, -0.2) is 67.5 Å². The number of hydrogen-bond acceptors (Lipinski definition) is 6. The molecule has 1 N–H and O–H groups in total. The van der Waals surface area contributed by atoms with Gasteiger partial charge < -0.3 is 24.2 Å². The highest BCUT2D eigenvalue weighted by atomic mass is 16.5. The standard InChI is InChI=1S/C24H32N2O4/c1-28-23-9-8-19(14-24(23)30-18-21(27)17-25-10-4-5-11-25)15-26-12-13-29-22-7-3-2-6-20(22)16-26/h2-3,6-9,14,21,27H,4-5,10-13,15-18H2,1H3. The number of ether oxygens (including phenoxy) is 3. The molecule has 6 nitrogen and oxygen atoms in total. The first kappa shape index (κ1) is 21.0. The zero-order chi connectivity index (χ0) is 20.8. The fourth-order valence-corrected chi connectivity index (χ4v) is 4.21. The minimum atomic E-state index is -0.504. The summed E-state index contributed by atoms with van der Waals surface area (Å²) in [5.74, 6) is 2.35. The van der Waals surface area contributed by atoms with Crippen LogP contribution in [0.1, 0.15) is 24.0 Å². The molecule has 30 heavy (non-hydrogen) atoms. The average molecular weight is 413 g/mol. The maximum absolute atomic E-state index is 10.4. The molecule has 1 saturated heterocycles. The molecule has 1 unspecified atom stereocenters. The normalized spacial score (nSPS) is 18.3. The van der Waals surface area contributed by atoms with E-state index in [9.17, 15) is 5.11 Å². The van der Waals surface area contributed by atoms with Gasteiger partial charge in [0.15, 0.2) is 11.5 Å². The summed E-state index contributed by atoms with van der Waals surface area (Å²) in [6, 6.07) is 14.3. The molecule has 0 bridgehead atoms. The van der Waals surface area contributed by atoms with Crippen molar-refractivity contribution in [3.63, 3.8) is 0 Å². The Labute approximate surface area is 179 Å². The Morgan fingerprint density at radius 3 is 2.70 bits per heavy atom. The summed E-state index contributed by atoms with van der Waals surface area (Å²) >= 11 is 0. The van der Waals surface area contributed by atoms with Gasteiger partial charge in [-0.1, -0.05) is 24.3 Å². The monoisotopic (exact) mass is 412 g/mol. The quantitative estimate of drug-likeness (QED) is 0.720. The second-order valence-electron chi connectivity index (χ2n) is 8.12. The Balaban J connectivity index is 1.38. The van der Waals surface area contributed by atoms with Crippen molar-refractivity contribution in [2.75, 3.05) is 46.5 Å². The van der Waals surface area contributed by atoms with Gasteiger partial charge in [-0.15, -0.1) is 0 Å². The van der Waals surface area contributed by atoms with Gasteiger partial charge in [-0.2, -0.15) is 0 Å². The molecule has 0 spiro atoms. The zero-order valence-corrected chi connectivity index (χ0v) is 17.8. The van der Waals surface area contributed by atoms with E-state index in [1.807, 2.05) is 24.3 Å². The van der Waals surface area contributed by atoms with Gasteiger partial charge in [0.25, 0.3) is 0 Å². The van der Waals surface area contributed by atoms with Crippen LogP contribution < -0.4 is 14.2 Å². The molecule has 0 saturated carbocycles. The SMILES string of the molecule is COc1ccc(CN2CCOc3ccccc3C2)cc1OCC(O)CN1CCCC1. The van der Waals surface area contributed by atoms with Gasteiger partial charge in [-0.25, -0.2) is 0 Å². The second-order valence-corrected chi connectivity index (χ2v) is 8.12. The van der Waals surface area contributed by atoms with Crippen molar-refractivity contribution in [2.45, 2.75) is 32.0 Å². The zero-order valence-electron chi connectivity index (χ0n) is 17.8. The van der Waals surface area contributed by atoms with Crippen LogP contribution in [-0.2, 0) is 13.1 Å². The van der Waals surface area contributed by atoms with Crippen molar-refractivity contribution >= 4 is 0 Å². The molecule has 2 aromatic carbocycles. The Bertz CT molecular complexity index is 823. The van der Waals surface area contributed by atoms with Crippen molar-refractivity contribution in [2.24, 2.45) is 0 Å². The molecule has 162 valence electrons. The number of hydrogen-bond donors (Lipinski definition) is 1. The first-order valence-corrected chi connectivity index (χ1v) is 10.8. The maximum Gasteiger partial charge on any atom is 0.161 e. The van der Waals surface area contributed by atoms with E-state index in [1.54, 1.807) is 7.11 Å². The molecule has 0 aliphatic carbocycles. The largest absolute Gasteiger partial charge is 0.493 e. The third-order valence-electron chi connectivity index (χ3n) is 5.76. The highest BCUT2D eigenvalue weighted by molar-refractivity contribution is 5.43. The molecule has 0 aromatic heterocycles. The number of methoxy groups -OCH3 is 1. The molecule has 4 rings (SSSR count). The molecule has 0 amide bonds. The predicted molar refractivity (Wildman–Crippen MR) is 116 cm³/mol. The van der Waals surface area contributed by atoms with Gasteiger partial charge in [0.05, 0.1) is 7.11 Å². The molecule has 2 aliphatic rings. The number of aliphatic hydroxyl groups excluding tert-OH is 1. The molecule has 1 fully saturated rings. The molecule has 1 atom stereocenters. The van der Waals surface area contributed by atoms with Gasteiger partial charge in [-0.3, -0.25) is 4.90 Å². The van der Waals surface area contributed by atoms with E-state index in [2.05, 4.69) is 28.0 Å². The third kappa shape index (κ3) is 5.45. The van der Waals surface area contributed by atoms with E-state index in [-0.39, 0.29) is 6.61 Å². The van der Waals surface area contributed by atoms with Crippen LogP contribution >= 0.6 is 0 Å². The summed E-state index contributed by atoms with van der Waals surface area (Å²) in [7, 11) is 1.64. The van der Waals surface area contributed by atoms with Gasteiger partial charge in [0.1, 0.15) is 25.1 Å². The van der Waals surface area contributed by atoms with Crippen LogP contribution in [0.5, 0.6) is 17.2 Å². The first-order valence-electron chi connectivity index (χ1n) is 10.8. The van der Waals surface area contributed by atoms with Gasteiger partial charge >= 0.3 is 0 Å². The Morgan fingerprint density at radius 2 is 1.87 bits per heavy atom. The van der Waals surface area contributed by atoms with E-state index in [0.29, 0.717) is 24.7 Å². The Morgan fingerprint density at radius 1 is 1.03 bits per heavy atom. The Kier molecular flexibility index (Phi) is 7.10. The molecule has 2 aliphatic heterocycles. The number of fused-ring (bicyclic) bond motifs is 1. The second kappa shape index (κ2) is 10.2. The van der Waals surface area contributed by atoms with Crippen molar-refractivity contribution in [1.82, 2.24) is 9.80 Å². The van der Waals surface area contributed by atoms with Crippen LogP contribution in [0.25, 0.3) is 0 Å². The van der Waals surface area contributed by atoms with E-state index in [0.717, 1.165) is 44.0 Å². The van der Waals surface area contributed by atoms with E-state index >= 15 is 0 Å². The lowest BCUT2D eigenvalue weighted by Crippen LogP contribution is -2.33. The van der Waals surface area contributed by atoms with Crippen molar-refractivity contribution in [3.8, 4) is 17.2 Å². The topological polar surface area (TPSA) is 54.4 Å². The van der Waals surface area contributed by atoms with Gasteiger partial charge in [0.2, 0.25) is 0 Å². The first-order chi connectivity index (χ1) is 14.7. The summed E-state index contributed by atoms with van der Waals surface area (Å²) < 4.78 is 17.3. The fourth-order valence-electron chi connectivity index (χ4n) is 4.21. The van der Waals surface area contributed by atoms with E-state index in [4.69, 9.17) is 14.2 Å². The number of para-hydroxylation sites is 1. The molecule has 2 aromatic rings. The minimum Gasteiger partial charge on any atom is -0.493 e. The van der Waals surface area contributed by atoms with Crippen LogP contribution in [0, 0.1) is 0 Å².